The minimum Gasteiger partial charge on any atom is -0.383 e. The molecule has 0 aliphatic carbocycles. The molecule has 1 unspecified atom stereocenters. The molecule has 0 aromatic heterocycles. The average Bonchev–Trinajstić information content (AvgIpc) is 1.60. The fraction of sp³-hybridized carbons (Fsp3) is 0.750. The van der Waals surface area contributed by atoms with Crippen molar-refractivity contribution >= 4 is 20.9 Å². The zero-order chi connectivity index (χ0) is 8.36. The van der Waals surface area contributed by atoms with Gasteiger partial charge < -0.3 is 9.90 Å². The maximum absolute atomic E-state index is 11.4. The van der Waals surface area contributed by atoms with Gasteiger partial charge in [-0.05, 0) is 0 Å². The van der Waals surface area contributed by atoms with Gasteiger partial charge in [0.15, 0.2) is 6.10 Å². The van der Waals surface area contributed by atoms with Crippen molar-refractivity contribution in [2.24, 2.45) is 0 Å². The molecular weight excluding hydrogens is 164 g/mol. The van der Waals surface area contributed by atoms with Crippen molar-refractivity contribution in [3.8, 4) is 0 Å². The second kappa shape index (κ2) is 3.37. The van der Waals surface area contributed by atoms with Crippen molar-refractivity contribution in [1.29, 1.82) is 0 Å². The van der Waals surface area contributed by atoms with Crippen molar-refractivity contribution in [1.82, 2.24) is 0 Å². The van der Waals surface area contributed by atoms with Crippen molar-refractivity contribution in [3.05, 3.63) is 0 Å². The Morgan fingerprint density at radius 2 is 2.00 bits per heavy atom. The Bertz CT molecular complexity index is 133. The summed E-state index contributed by atoms with van der Waals surface area (Å²) in [4.78, 5) is 10.1. The lowest BCUT2D eigenvalue weighted by Crippen LogP contribution is -2.30. The Morgan fingerprint density at radius 3 is 2.10 bits per heavy atom. The van der Waals surface area contributed by atoms with Crippen LogP contribution in [0.1, 0.15) is 6.42 Å². The van der Waals surface area contributed by atoms with Crippen molar-refractivity contribution in [2.75, 3.05) is 0 Å². The number of alkyl halides is 3. The first-order valence-corrected chi connectivity index (χ1v) is 3.58. The third kappa shape index (κ3) is 3.88. The highest BCUT2D eigenvalue weighted by atomic mass is 27.0. The van der Waals surface area contributed by atoms with Crippen LogP contribution in [-0.4, -0.2) is 38.3 Å². The molecule has 0 saturated heterocycles. The summed E-state index contributed by atoms with van der Waals surface area (Å²) in [6.07, 6.45) is -7.92. The fourth-order valence-corrected chi connectivity index (χ4v) is 0.775. The van der Waals surface area contributed by atoms with E-state index in [1.54, 1.807) is 0 Å². The van der Waals surface area contributed by atoms with Gasteiger partial charge in [0.05, 0.1) is 0 Å². The molecule has 0 fully saturated rings. The number of hydrogen-bond donors (Lipinski definition) is 1. The standard InChI is InChI=1S/C4H4F3O2.Al.2H/c5-4(6,7)3(9)1-2-8;;;/h3,9H,1H2;;;. The highest BCUT2D eigenvalue weighted by molar-refractivity contribution is 6.57. The molecule has 0 heterocycles. The van der Waals surface area contributed by atoms with Crippen molar-refractivity contribution in [3.63, 3.8) is 0 Å². The molecule has 0 rings (SSSR count). The average molecular weight is 170 g/mol. The highest BCUT2D eigenvalue weighted by Gasteiger charge is 2.38. The SMILES string of the molecule is O=[C]([AlH2])CC(O)C(F)(F)F. The quantitative estimate of drug-likeness (QED) is 0.565. The largest absolute Gasteiger partial charge is 0.414 e. The summed E-state index contributed by atoms with van der Waals surface area (Å²) in [6.45, 7) is 0. The molecule has 0 saturated carbocycles. The van der Waals surface area contributed by atoms with Crippen LogP contribution in [0.5, 0.6) is 0 Å². The number of aliphatic hydroxyl groups is 1. The van der Waals surface area contributed by atoms with E-state index in [9.17, 15) is 18.0 Å². The van der Waals surface area contributed by atoms with Crippen LogP contribution in [0.15, 0.2) is 0 Å². The zero-order valence-corrected chi connectivity index (χ0v) is 7.27. The third-order valence-corrected chi connectivity index (χ3v) is 1.27. The van der Waals surface area contributed by atoms with Gasteiger partial charge in [-0.1, -0.05) is 0 Å². The predicted molar refractivity (Wildman–Crippen MR) is 30.2 cm³/mol. The molecule has 2 nitrogen and oxygen atoms in total. The second-order valence-corrected chi connectivity index (χ2v) is 3.08. The first-order chi connectivity index (χ1) is 4.34. The van der Waals surface area contributed by atoms with E-state index in [1.807, 2.05) is 0 Å². The van der Waals surface area contributed by atoms with Gasteiger partial charge in [-0.25, -0.2) is 0 Å². The first kappa shape index (κ1) is 9.95. The second-order valence-electron chi connectivity index (χ2n) is 1.96. The van der Waals surface area contributed by atoms with Crippen LogP contribution in [0.4, 0.5) is 13.2 Å². The molecule has 0 bridgehead atoms. The Morgan fingerprint density at radius 1 is 1.60 bits per heavy atom. The van der Waals surface area contributed by atoms with E-state index in [-0.39, 0.29) is 16.3 Å². The van der Waals surface area contributed by atoms with Crippen LogP contribution in [0.3, 0.4) is 0 Å². The maximum atomic E-state index is 11.4. The number of carbonyl (C=O) groups is 1. The van der Waals surface area contributed by atoms with Gasteiger partial charge in [0.1, 0.15) is 0 Å². The van der Waals surface area contributed by atoms with Gasteiger partial charge in [0.25, 0.3) is 0 Å². The van der Waals surface area contributed by atoms with E-state index >= 15 is 0 Å². The fourth-order valence-electron chi connectivity index (χ4n) is 0.388. The molecule has 0 aromatic rings. The number of carbonyl (C=O) groups excluding carboxylic acids is 1. The minimum absolute atomic E-state index is 0.0516. The van der Waals surface area contributed by atoms with Crippen LogP contribution >= 0.6 is 0 Å². The lowest BCUT2D eigenvalue weighted by molar-refractivity contribution is -0.204. The van der Waals surface area contributed by atoms with E-state index in [0.717, 1.165) is 0 Å². The van der Waals surface area contributed by atoms with Crippen LogP contribution in [0.25, 0.3) is 0 Å². The van der Waals surface area contributed by atoms with Crippen LogP contribution in [0, 0.1) is 0 Å². The minimum atomic E-state index is -4.65. The lowest BCUT2D eigenvalue weighted by Gasteiger charge is -2.12. The van der Waals surface area contributed by atoms with Gasteiger partial charge in [0, 0.05) is 11.1 Å². The molecule has 0 aliphatic rings. The van der Waals surface area contributed by atoms with E-state index in [4.69, 9.17) is 5.11 Å². The Labute approximate surface area is 63.4 Å². The van der Waals surface area contributed by atoms with E-state index < -0.39 is 23.3 Å². The molecule has 0 spiro atoms. The van der Waals surface area contributed by atoms with Gasteiger partial charge in [-0.2, -0.15) is 13.2 Å². The summed E-state index contributed by atoms with van der Waals surface area (Å²) in [5, 5.41) is 8.23. The van der Waals surface area contributed by atoms with Gasteiger partial charge >= 0.3 is 22.5 Å². The van der Waals surface area contributed by atoms with Crippen LogP contribution in [-0.2, 0) is 4.79 Å². The smallest absolute Gasteiger partial charge is 0.383 e. The highest BCUT2D eigenvalue weighted by Crippen LogP contribution is 2.21. The Kier molecular flexibility index (Phi) is 3.36. The topological polar surface area (TPSA) is 37.3 Å². The molecular formula is C4H6AlF3O2. The molecule has 0 aliphatic heterocycles. The molecule has 0 radical (unpaired) electrons. The van der Waals surface area contributed by atoms with Crippen LogP contribution in [0.2, 0.25) is 0 Å². The molecule has 6 heteroatoms. The number of hydrogen-bond acceptors (Lipinski definition) is 2. The number of rotatable bonds is 2. The molecule has 1 atom stereocenters. The Hall–Kier alpha value is -0.0475. The van der Waals surface area contributed by atoms with E-state index in [1.165, 1.54) is 0 Å². The lowest BCUT2D eigenvalue weighted by atomic mass is 10.3. The zero-order valence-electron chi connectivity index (χ0n) is 5.27. The van der Waals surface area contributed by atoms with Crippen molar-refractivity contribution < 1.29 is 23.1 Å². The third-order valence-electron chi connectivity index (χ3n) is 0.859. The molecule has 10 heavy (non-hydrogen) atoms. The summed E-state index contributed by atoms with van der Waals surface area (Å²) < 4.78 is 33.7. The summed E-state index contributed by atoms with van der Waals surface area (Å²) in [6, 6.07) is 0. The van der Waals surface area contributed by atoms with Crippen molar-refractivity contribution in [2.45, 2.75) is 18.7 Å². The van der Waals surface area contributed by atoms with E-state index in [0.29, 0.717) is 0 Å². The Balaban J connectivity index is 3.85. The first-order valence-electron chi connectivity index (χ1n) is 2.58. The maximum Gasteiger partial charge on any atom is 0.414 e. The predicted octanol–water partition coefficient (Wildman–Crippen LogP) is -0.541. The monoisotopic (exact) mass is 170 g/mol. The van der Waals surface area contributed by atoms with E-state index in [2.05, 4.69) is 0 Å². The van der Waals surface area contributed by atoms with Gasteiger partial charge in [-0.15, -0.1) is 0 Å². The summed E-state index contributed by atoms with van der Waals surface area (Å²) >= 11 is 0.0516. The van der Waals surface area contributed by atoms with Gasteiger partial charge in [-0.3, -0.25) is 0 Å². The number of aliphatic hydroxyl groups excluding tert-OH is 1. The van der Waals surface area contributed by atoms with Gasteiger partial charge in [0.2, 0.25) is 0 Å². The molecule has 0 aromatic carbocycles. The molecule has 0 amide bonds. The summed E-state index contributed by atoms with van der Waals surface area (Å²) in [5.74, 6) is 0. The normalized spacial score (nSPS) is 14.8. The summed E-state index contributed by atoms with van der Waals surface area (Å²) in [7, 11) is 0. The molecule has 58 valence electrons. The summed E-state index contributed by atoms with van der Waals surface area (Å²) in [5.41, 5.74) is 0. The van der Waals surface area contributed by atoms with Crippen LogP contribution < -0.4 is 0 Å². The molecule has 1 N–H and O–H groups in total. The number of halogens is 3.